The molecule has 1 saturated heterocycles. The Bertz CT molecular complexity index is 856. The van der Waals surface area contributed by atoms with Crippen molar-refractivity contribution < 1.29 is 9.59 Å². The summed E-state index contributed by atoms with van der Waals surface area (Å²) in [5.74, 6) is 1.94. The van der Waals surface area contributed by atoms with Crippen molar-refractivity contribution in [1.82, 2.24) is 4.90 Å². The van der Waals surface area contributed by atoms with Crippen LogP contribution in [0.3, 0.4) is 0 Å². The average molecular weight is 398 g/mol. The van der Waals surface area contributed by atoms with Crippen molar-refractivity contribution >= 4 is 35.0 Å². The van der Waals surface area contributed by atoms with Crippen LogP contribution < -0.4 is 10.6 Å². The quantitative estimate of drug-likeness (QED) is 0.804. The first-order valence-corrected chi connectivity index (χ1v) is 10.7. The number of para-hydroxylation sites is 1. The first-order valence-electron chi connectivity index (χ1n) is 9.54. The molecule has 1 aliphatic rings. The summed E-state index contributed by atoms with van der Waals surface area (Å²) in [7, 11) is 0. The minimum Gasteiger partial charge on any atom is -0.376 e. The lowest BCUT2D eigenvalue weighted by atomic mass is 10.1. The van der Waals surface area contributed by atoms with Crippen LogP contribution in [0.5, 0.6) is 0 Å². The molecule has 2 N–H and O–H groups in total. The Morgan fingerprint density at radius 2 is 1.64 bits per heavy atom. The van der Waals surface area contributed by atoms with Crippen LogP contribution in [0.1, 0.15) is 27.0 Å². The Labute approximate surface area is 170 Å². The third kappa shape index (κ3) is 4.68. The summed E-state index contributed by atoms with van der Waals surface area (Å²) in [6, 6.07) is 11.6. The van der Waals surface area contributed by atoms with Gasteiger partial charge < -0.3 is 15.5 Å². The van der Waals surface area contributed by atoms with Crippen molar-refractivity contribution in [2.45, 2.75) is 20.8 Å². The molecule has 0 radical (unpaired) electrons. The average Bonchev–Trinajstić information content (AvgIpc) is 2.70. The van der Waals surface area contributed by atoms with Crippen LogP contribution in [0.4, 0.5) is 11.4 Å². The smallest absolute Gasteiger partial charge is 0.254 e. The van der Waals surface area contributed by atoms with Crippen LogP contribution in [0.15, 0.2) is 36.4 Å². The first kappa shape index (κ1) is 20.3. The summed E-state index contributed by atoms with van der Waals surface area (Å²) in [6.07, 6.45) is 0. The minimum absolute atomic E-state index is 0.0708. The second-order valence-electron chi connectivity index (χ2n) is 7.05. The van der Waals surface area contributed by atoms with Gasteiger partial charge in [-0.2, -0.15) is 11.8 Å². The molecule has 0 aromatic heterocycles. The molecular formula is C22H27N3O2S. The number of thioether (sulfide) groups is 1. The summed E-state index contributed by atoms with van der Waals surface area (Å²) in [6.45, 7) is 7.62. The Hall–Kier alpha value is -2.47. The molecule has 0 saturated carbocycles. The SMILES string of the molecule is Cc1cccc(C)c1NC(=O)CNc1cccc(C(=O)N2CCSCC2)c1C. The molecular weight excluding hydrogens is 370 g/mol. The normalized spacial score (nSPS) is 13.9. The predicted molar refractivity (Wildman–Crippen MR) is 117 cm³/mol. The van der Waals surface area contributed by atoms with E-state index in [9.17, 15) is 9.59 Å². The number of hydrogen-bond acceptors (Lipinski definition) is 4. The molecule has 2 aromatic carbocycles. The van der Waals surface area contributed by atoms with E-state index in [0.717, 1.165) is 52.7 Å². The van der Waals surface area contributed by atoms with E-state index in [1.165, 1.54) is 0 Å². The van der Waals surface area contributed by atoms with E-state index in [-0.39, 0.29) is 18.4 Å². The maximum absolute atomic E-state index is 12.8. The van der Waals surface area contributed by atoms with E-state index in [1.807, 2.05) is 73.8 Å². The standard InChI is InChI=1S/C22H27N3O2S/c1-15-6-4-7-16(2)21(15)24-20(26)14-23-19-9-5-8-18(17(19)3)22(27)25-10-12-28-13-11-25/h4-9,23H,10-14H2,1-3H3,(H,24,26). The van der Waals surface area contributed by atoms with Crippen LogP contribution in [0.25, 0.3) is 0 Å². The van der Waals surface area contributed by atoms with Gasteiger partial charge in [0.15, 0.2) is 0 Å². The highest BCUT2D eigenvalue weighted by molar-refractivity contribution is 7.99. The number of rotatable bonds is 5. The molecule has 0 spiro atoms. The molecule has 6 heteroatoms. The van der Waals surface area contributed by atoms with Gasteiger partial charge in [0.2, 0.25) is 5.91 Å². The molecule has 0 atom stereocenters. The fourth-order valence-corrected chi connectivity index (χ4v) is 4.27. The minimum atomic E-state index is -0.110. The predicted octanol–water partition coefficient (Wildman–Crippen LogP) is 3.85. The lowest BCUT2D eigenvalue weighted by Gasteiger charge is -2.27. The molecule has 3 rings (SSSR count). The fraction of sp³-hybridized carbons (Fsp3) is 0.364. The molecule has 148 valence electrons. The molecule has 0 bridgehead atoms. The molecule has 28 heavy (non-hydrogen) atoms. The number of aryl methyl sites for hydroxylation is 2. The molecule has 1 aliphatic heterocycles. The number of carbonyl (C=O) groups is 2. The number of amides is 2. The van der Waals surface area contributed by atoms with E-state index < -0.39 is 0 Å². The Balaban J connectivity index is 1.66. The van der Waals surface area contributed by atoms with Crippen LogP contribution in [-0.4, -0.2) is 47.9 Å². The van der Waals surface area contributed by atoms with Crippen LogP contribution >= 0.6 is 11.8 Å². The number of benzene rings is 2. The van der Waals surface area contributed by atoms with Crippen molar-refractivity contribution in [1.29, 1.82) is 0 Å². The summed E-state index contributed by atoms with van der Waals surface area (Å²) < 4.78 is 0. The zero-order valence-electron chi connectivity index (χ0n) is 16.7. The topological polar surface area (TPSA) is 61.4 Å². The highest BCUT2D eigenvalue weighted by Gasteiger charge is 2.21. The fourth-order valence-electron chi connectivity index (χ4n) is 3.37. The van der Waals surface area contributed by atoms with E-state index >= 15 is 0 Å². The number of hydrogen-bond donors (Lipinski definition) is 2. The van der Waals surface area contributed by atoms with Crippen molar-refractivity contribution in [2.75, 3.05) is 41.8 Å². The third-order valence-corrected chi connectivity index (χ3v) is 5.99. The van der Waals surface area contributed by atoms with Gasteiger partial charge >= 0.3 is 0 Å². The molecule has 5 nitrogen and oxygen atoms in total. The first-order chi connectivity index (χ1) is 13.5. The highest BCUT2D eigenvalue weighted by Crippen LogP contribution is 2.22. The van der Waals surface area contributed by atoms with Gasteiger partial charge in [-0.25, -0.2) is 0 Å². The van der Waals surface area contributed by atoms with E-state index in [0.29, 0.717) is 5.56 Å². The summed E-state index contributed by atoms with van der Waals surface area (Å²) in [4.78, 5) is 27.2. The summed E-state index contributed by atoms with van der Waals surface area (Å²) in [5.41, 5.74) is 5.33. The van der Waals surface area contributed by atoms with E-state index in [1.54, 1.807) is 0 Å². The Morgan fingerprint density at radius 3 is 2.32 bits per heavy atom. The Kier molecular flexibility index (Phi) is 6.62. The lowest BCUT2D eigenvalue weighted by molar-refractivity contribution is -0.114. The second kappa shape index (κ2) is 9.15. The van der Waals surface area contributed by atoms with Crippen LogP contribution in [0, 0.1) is 20.8 Å². The van der Waals surface area contributed by atoms with Crippen LogP contribution in [-0.2, 0) is 4.79 Å². The van der Waals surface area contributed by atoms with Crippen molar-refractivity contribution in [3.63, 3.8) is 0 Å². The molecule has 1 fully saturated rings. The second-order valence-corrected chi connectivity index (χ2v) is 8.28. The maximum atomic E-state index is 12.8. The maximum Gasteiger partial charge on any atom is 0.254 e. The van der Waals surface area contributed by atoms with Crippen molar-refractivity contribution in [3.05, 3.63) is 58.7 Å². The van der Waals surface area contributed by atoms with Crippen LogP contribution in [0.2, 0.25) is 0 Å². The molecule has 2 amide bonds. The number of anilines is 2. The molecule has 1 heterocycles. The van der Waals surface area contributed by atoms with Gasteiger partial charge in [-0.15, -0.1) is 0 Å². The molecule has 2 aromatic rings. The van der Waals surface area contributed by atoms with Gasteiger partial charge in [-0.3, -0.25) is 9.59 Å². The van der Waals surface area contributed by atoms with Gasteiger partial charge in [0, 0.05) is 41.5 Å². The third-order valence-electron chi connectivity index (χ3n) is 5.05. The summed E-state index contributed by atoms with van der Waals surface area (Å²) in [5, 5.41) is 6.16. The van der Waals surface area contributed by atoms with Gasteiger partial charge in [-0.1, -0.05) is 24.3 Å². The summed E-state index contributed by atoms with van der Waals surface area (Å²) >= 11 is 1.88. The van der Waals surface area contributed by atoms with Crippen molar-refractivity contribution in [3.8, 4) is 0 Å². The van der Waals surface area contributed by atoms with E-state index in [4.69, 9.17) is 0 Å². The number of nitrogens with one attached hydrogen (secondary N) is 2. The number of nitrogens with zero attached hydrogens (tertiary/aromatic N) is 1. The van der Waals surface area contributed by atoms with Gasteiger partial charge in [0.05, 0.1) is 6.54 Å². The van der Waals surface area contributed by atoms with Gasteiger partial charge in [-0.05, 0) is 49.6 Å². The number of carbonyl (C=O) groups excluding carboxylic acids is 2. The molecule has 0 aliphatic carbocycles. The lowest BCUT2D eigenvalue weighted by Crippen LogP contribution is -2.38. The zero-order chi connectivity index (χ0) is 20.1. The van der Waals surface area contributed by atoms with Gasteiger partial charge in [0.1, 0.15) is 0 Å². The van der Waals surface area contributed by atoms with Crippen molar-refractivity contribution in [2.24, 2.45) is 0 Å². The zero-order valence-corrected chi connectivity index (χ0v) is 17.5. The Morgan fingerprint density at radius 1 is 1.00 bits per heavy atom. The van der Waals surface area contributed by atoms with Gasteiger partial charge in [0.25, 0.3) is 5.91 Å². The molecule has 0 unspecified atom stereocenters. The largest absolute Gasteiger partial charge is 0.376 e. The highest BCUT2D eigenvalue weighted by atomic mass is 32.2. The van der Waals surface area contributed by atoms with E-state index in [2.05, 4.69) is 10.6 Å². The monoisotopic (exact) mass is 397 g/mol.